The lowest BCUT2D eigenvalue weighted by Crippen LogP contribution is -2.04. The van der Waals surface area contributed by atoms with Crippen molar-refractivity contribution < 1.29 is 4.79 Å². The Balaban J connectivity index is 2.11. The third-order valence-corrected chi connectivity index (χ3v) is 3.21. The summed E-state index contributed by atoms with van der Waals surface area (Å²) in [7, 11) is 0. The fourth-order valence-electron chi connectivity index (χ4n) is 1.43. The maximum Gasteiger partial charge on any atom is 0.179 e. The Morgan fingerprint density at radius 1 is 1.06 bits per heavy atom. The molecule has 1 aromatic carbocycles. The molecule has 3 heteroatoms. The maximum atomic E-state index is 11.1. The van der Waals surface area contributed by atoms with Crippen LogP contribution in [0.5, 0.6) is 0 Å². The lowest BCUT2D eigenvalue weighted by atomic mass is 10.1. The van der Waals surface area contributed by atoms with E-state index in [1.807, 2.05) is 19.1 Å². The number of aryl methyl sites for hydroxylation is 1. The molecule has 0 saturated heterocycles. The highest BCUT2D eigenvalue weighted by atomic mass is 32.2. The average Bonchev–Trinajstić information content (AvgIpc) is 2.30. The summed E-state index contributed by atoms with van der Waals surface area (Å²) in [5, 5.41) is 0. The minimum Gasteiger partial charge on any atom is -0.290 e. The first-order valence-electron chi connectivity index (χ1n) is 5.37. The molecule has 0 heterocycles. The molecule has 0 amide bonds. The fourth-order valence-corrected chi connectivity index (χ4v) is 2.10. The van der Waals surface area contributed by atoms with Gasteiger partial charge in [-0.25, -0.2) is 4.40 Å². The first-order chi connectivity index (χ1) is 8.15. The highest BCUT2D eigenvalue weighted by Gasteiger charge is 2.06. The van der Waals surface area contributed by atoms with Crippen LogP contribution in [0.2, 0.25) is 0 Å². The molecule has 0 aromatic heterocycles. The van der Waals surface area contributed by atoms with Gasteiger partial charge in [-0.15, -0.1) is 0 Å². The summed E-state index contributed by atoms with van der Waals surface area (Å²) in [5.41, 5.74) is 3.01. The van der Waals surface area contributed by atoms with Crippen LogP contribution in [0.25, 0.3) is 0 Å². The molecular weight excluding hydrogens is 230 g/mol. The van der Waals surface area contributed by atoms with Crippen LogP contribution >= 0.6 is 11.9 Å². The largest absolute Gasteiger partial charge is 0.290 e. The smallest absolute Gasteiger partial charge is 0.179 e. The van der Waals surface area contributed by atoms with Gasteiger partial charge in [0.05, 0.1) is 5.71 Å². The Labute approximate surface area is 105 Å². The van der Waals surface area contributed by atoms with Crippen LogP contribution in [0.1, 0.15) is 12.5 Å². The molecule has 0 N–H and O–H groups in total. The Morgan fingerprint density at radius 2 is 1.76 bits per heavy atom. The van der Waals surface area contributed by atoms with E-state index >= 15 is 0 Å². The predicted octanol–water partition coefficient (Wildman–Crippen LogP) is 3.53. The molecule has 0 aliphatic heterocycles. The lowest BCUT2D eigenvalue weighted by Gasteiger charge is -2.05. The van der Waals surface area contributed by atoms with Crippen molar-refractivity contribution in [2.45, 2.75) is 18.7 Å². The van der Waals surface area contributed by atoms with E-state index < -0.39 is 0 Å². The summed E-state index contributed by atoms with van der Waals surface area (Å²) < 4.78 is 4.42. The van der Waals surface area contributed by atoms with Crippen LogP contribution in [0.4, 0.5) is 0 Å². The zero-order valence-corrected chi connectivity index (χ0v) is 10.6. The molecule has 17 heavy (non-hydrogen) atoms. The molecule has 1 aliphatic carbocycles. The second-order valence-corrected chi connectivity index (χ2v) is 4.78. The van der Waals surface area contributed by atoms with Gasteiger partial charge in [0.15, 0.2) is 5.78 Å². The van der Waals surface area contributed by atoms with Gasteiger partial charge in [0, 0.05) is 16.8 Å². The summed E-state index contributed by atoms with van der Waals surface area (Å²) in [6.07, 6.45) is 4.91. The summed E-state index contributed by atoms with van der Waals surface area (Å²) >= 11 is 1.43. The number of carbonyl (C=O) groups excluding carboxylic acids is 1. The van der Waals surface area contributed by atoms with Crippen molar-refractivity contribution in [3.05, 3.63) is 53.6 Å². The maximum absolute atomic E-state index is 11.1. The third kappa shape index (κ3) is 3.17. The van der Waals surface area contributed by atoms with Gasteiger partial charge >= 0.3 is 0 Å². The molecule has 1 aliphatic rings. The second-order valence-electron chi connectivity index (χ2n) is 3.94. The van der Waals surface area contributed by atoms with Gasteiger partial charge in [0.25, 0.3) is 0 Å². The van der Waals surface area contributed by atoms with E-state index in [2.05, 4.69) is 23.5 Å². The zero-order chi connectivity index (χ0) is 12.3. The van der Waals surface area contributed by atoms with Crippen LogP contribution in [-0.4, -0.2) is 11.5 Å². The molecule has 2 nitrogen and oxygen atoms in total. The molecule has 0 radical (unpaired) electrons. The zero-order valence-electron chi connectivity index (χ0n) is 9.81. The van der Waals surface area contributed by atoms with E-state index in [4.69, 9.17) is 0 Å². The molecule has 0 saturated carbocycles. The van der Waals surface area contributed by atoms with Crippen LogP contribution in [-0.2, 0) is 4.79 Å². The molecule has 86 valence electrons. The highest BCUT2D eigenvalue weighted by Crippen LogP contribution is 2.21. The molecule has 0 atom stereocenters. The van der Waals surface area contributed by atoms with Crippen LogP contribution in [0.3, 0.4) is 0 Å². The van der Waals surface area contributed by atoms with Crippen LogP contribution in [0.15, 0.2) is 57.4 Å². The van der Waals surface area contributed by atoms with Crippen molar-refractivity contribution in [2.24, 2.45) is 4.40 Å². The quantitative estimate of drug-likeness (QED) is 0.587. The summed E-state index contributed by atoms with van der Waals surface area (Å²) in [5.74, 6) is 0.0294. The van der Waals surface area contributed by atoms with E-state index in [0.29, 0.717) is 0 Å². The van der Waals surface area contributed by atoms with Gasteiger partial charge in [0.2, 0.25) is 0 Å². The first-order valence-corrected chi connectivity index (χ1v) is 6.15. The van der Waals surface area contributed by atoms with Gasteiger partial charge in [-0.05, 0) is 49.8 Å². The fraction of sp³-hybridized carbons (Fsp3) is 0.143. The SMILES string of the molecule is CC1=CC(=O)C=CC1=NSc1ccc(C)cc1. The Morgan fingerprint density at radius 3 is 2.41 bits per heavy atom. The molecule has 0 unspecified atom stereocenters. The van der Waals surface area contributed by atoms with E-state index in [9.17, 15) is 4.79 Å². The van der Waals surface area contributed by atoms with Crippen molar-refractivity contribution in [1.29, 1.82) is 0 Å². The number of carbonyl (C=O) groups is 1. The monoisotopic (exact) mass is 243 g/mol. The van der Waals surface area contributed by atoms with Gasteiger partial charge in [0.1, 0.15) is 0 Å². The van der Waals surface area contributed by atoms with Gasteiger partial charge in [-0.3, -0.25) is 4.79 Å². The third-order valence-electron chi connectivity index (χ3n) is 2.44. The minimum atomic E-state index is 0.0294. The van der Waals surface area contributed by atoms with E-state index in [1.54, 1.807) is 18.2 Å². The lowest BCUT2D eigenvalue weighted by molar-refractivity contribution is -0.110. The van der Waals surface area contributed by atoms with Crippen molar-refractivity contribution in [2.75, 3.05) is 0 Å². The number of hydrogen-bond acceptors (Lipinski definition) is 3. The normalized spacial score (nSPS) is 17.4. The Kier molecular flexibility index (Phi) is 3.59. The molecule has 0 fully saturated rings. The van der Waals surface area contributed by atoms with E-state index in [-0.39, 0.29) is 5.78 Å². The molecule has 1 aromatic rings. The number of hydrogen-bond donors (Lipinski definition) is 0. The number of rotatable bonds is 2. The summed E-state index contributed by atoms with van der Waals surface area (Å²) in [6, 6.07) is 8.21. The molecular formula is C14H13NOS. The van der Waals surface area contributed by atoms with Gasteiger partial charge < -0.3 is 0 Å². The van der Waals surface area contributed by atoms with Crippen LogP contribution < -0.4 is 0 Å². The Hall–Kier alpha value is -1.61. The highest BCUT2D eigenvalue weighted by molar-refractivity contribution is 7.98. The topological polar surface area (TPSA) is 29.4 Å². The molecule has 0 spiro atoms. The van der Waals surface area contributed by atoms with E-state index in [0.717, 1.165) is 16.2 Å². The van der Waals surface area contributed by atoms with Gasteiger partial charge in [-0.2, -0.15) is 0 Å². The Bertz CT molecular complexity index is 524. The molecule has 0 bridgehead atoms. The van der Waals surface area contributed by atoms with Crippen molar-refractivity contribution in [1.82, 2.24) is 0 Å². The summed E-state index contributed by atoms with van der Waals surface area (Å²) in [6.45, 7) is 3.96. The molecule has 2 rings (SSSR count). The number of allylic oxidation sites excluding steroid dienone is 4. The van der Waals surface area contributed by atoms with Crippen molar-refractivity contribution in [3.8, 4) is 0 Å². The van der Waals surface area contributed by atoms with Gasteiger partial charge in [-0.1, -0.05) is 17.7 Å². The number of benzene rings is 1. The first kappa shape index (κ1) is 11.9. The average molecular weight is 243 g/mol. The standard InChI is InChI=1S/C14H13NOS/c1-10-3-6-13(7-4-10)17-15-14-8-5-12(16)9-11(14)2/h3-9H,1-2H3. The van der Waals surface area contributed by atoms with Crippen molar-refractivity contribution >= 4 is 23.4 Å². The second kappa shape index (κ2) is 5.15. The number of ketones is 1. The summed E-state index contributed by atoms with van der Waals surface area (Å²) in [4.78, 5) is 12.2. The number of nitrogens with zero attached hydrogens (tertiary/aromatic N) is 1. The van der Waals surface area contributed by atoms with Crippen LogP contribution in [0, 0.1) is 6.92 Å². The minimum absolute atomic E-state index is 0.0294. The predicted molar refractivity (Wildman–Crippen MR) is 72.4 cm³/mol. The van der Waals surface area contributed by atoms with E-state index in [1.165, 1.54) is 17.5 Å². The van der Waals surface area contributed by atoms with Crippen molar-refractivity contribution in [3.63, 3.8) is 0 Å².